The number of aromatic hydroxyl groups is 1. The quantitative estimate of drug-likeness (QED) is 0.371. The molecule has 0 amide bonds. The molecule has 1 rings (SSSR count). The average Bonchev–Trinajstić information content (AvgIpc) is 2.33. The third-order valence-electron chi connectivity index (χ3n) is 2.42. The minimum absolute atomic E-state index is 0.0545. The molecule has 0 atom stereocenters. The number of hydrogen-bond acceptors (Lipinski definition) is 5. The van der Waals surface area contributed by atoms with Crippen LogP contribution in [-0.4, -0.2) is 24.0 Å². The van der Waals surface area contributed by atoms with Crippen LogP contribution in [-0.2, 0) is 9.53 Å². The molecule has 0 aromatic heterocycles. The summed E-state index contributed by atoms with van der Waals surface area (Å²) in [5.41, 5.74) is 5.63. The Kier molecular flexibility index (Phi) is 4.97. The number of hydrogen-bond donors (Lipinski definition) is 2. The number of phenols is 1. The summed E-state index contributed by atoms with van der Waals surface area (Å²) in [5.74, 6) is -0.967. The van der Waals surface area contributed by atoms with Crippen LogP contribution in [0.25, 0.3) is 0 Å². The highest BCUT2D eigenvalue weighted by atomic mass is 35.5. The number of carbonyl (C=O) groups is 2. The summed E-state index contributed by atoms with van der Waals surface area (Å²) in [5, 5.41) is 9.93. The Labute approximate surface area is 109 Å². The Morgan fingerprint density at radius 1 is 1.39 bits per heavy atom. The number of halogens is 1. The van der Waals surface area contributed by atoms with Crippen LogP contribution in [0, 0.1) is 0 Å². The molecule has 6 heteroatoms. The number of nitrogens with two attached hydrogens (primary N) is 1. The first-order chi connectivity index (χ1) is 8.45. The molecular weight excluding hydrogens is 258 g/mol. The van der Waals surface area contributed by atoms with E-state index in [1.807, 2.05) is 0 Å². The van der Waals surface area contributed by atoms with E-state index in [0.29, 0.717) is 6.42 Å². The highest BCUT2D eigenvalue weighted by molar-refractivity contribution is 6.31. The van der Waals surface area contributed by atoms with E-state index >= 15 is 0 Å². The van der Waals surface area contributed by atoms with Gasteiger partial charge < -0.3 is 15.6 Å². The van der Waals surface area contributed by atoms with Gasteiger partial charge in [0.1, 0.15) is 5.75 Å². The van der Waals surface area contributed by atoms with E-state index in [-0.39, 0.29) is 46.6 Å². The molecule has 0 aliphatic heterocycles. The summed E-state index contributed by atoms with van der Waals surface area (Å²) < 4.78 is 4.46. The summed E-state index contributed by atoms with van der Waals surface area (Å²) >= 11 is 5.76. The van der Waals surface area contributed by atoms with Crippen molar-refractivity contribution in [3.05, 3.63) is 22.7 Å². The van der Waals surface area contributed by atoms with Crippen molar-refractivity contribution >= 4 is 29.0 Å². The summed E-state index contributed by atoms with van der Waals surface area (Å²) in [4.78, 5) is 22.7. The molecule has 18 heavy (non-hydrogen) atoms. The van der Waals surface area contributed by atoms with Gasteiger partial charge in [-0.3, -0.25) is 9.59 Å². The number of Topliss-reactive ketones (excluding diaryl/α,β-unsaturated/α-hetero) is 1. The zero-order valence-electron chi connectivity index (χ0n) is 9.90. The zero-order chi connectivity index (χ0) is 13.7. The van der Waals surface area contributed by atoms with E-state index in [2.05, 4.69) is 4.74 Å². The molecule has 0 bridgehead atoms. The first kappa shape index (κ1) is 14.3. The third kappa shape index (κ3) is 3.63. The molecule has 98 valence electrons. The van der Waals surface area contributed by atoms with Crippen molar-refractivity contribution in [1.29, 1.82) is 0 Å². The minimum atomic E-state index is -0.377. The van der Waals surface area contributed by atoms with Gasteiger partial charge in [-0.15, -0.1) is 0 Å². The Bertz CT molecular complexity index is 473. The maximum absolute atomic E-state index is 11.8. The largest absolute Gasteiger partial charge is 0.505 e. The first-order valence-corrected chi connectivity index (χ1v) is 5.71. The van der Waals surface area contributed by atoms with Gasteiger partial charge in [-0.1, -0.05) is 11.6 Å². The van der Waals surface area contributed by atoms with Crippen LogP contribution in [0.5, 0.6) is 5.75 Å². The fourth-order valence-electron chi connectivity index (χ4n) is 1.46. The summed E-state index contributed by atoms with van der Waals surface area (Å²) in [6.07, 6.45) is 0.610. The molecule has 5 nitrogen and oxygen atoms in total. The molecule has 0 radical (unpaired) electrons. The molecule has 0 heterocycles. The SMILES string of the molecule is COC(=O)CCCC(=O)c1cc(Cl)cc(N)c1O. The molecule has 0 aliphatic rings. The van der Waals surface area contributed by atoms with Crippen LogP contribution < -0.4 is 5.73 Å². The standard InChI is InChI=1S/C12H14ClNO4/c1-18-11(16)4-2-3-10(15)8-5-7(13)6-9(14)12(8)17/h5-6,17H,2-4,14H2,1H3. The number of nitrogen functional groups attached to an aromatic ring is 1. The lowest BCUT2D eigenvalue weighted by Crippen LogP contribution is -2.05. The molecule has 0 aliphatic carbocycles. The lowest BCUT2D eigenvalue weighted by Gasteiger charge is -2.07. The fourth-order valence-corrected chi connectivity index (χ4v) is 1.69. The molecule has 1 aromatic rings. The number of carbonyl (C=O) groups excluding carboxylic acids is 2. The Balaban J connectivity index is 2.70. The molecule has 0 saturated carbocycles. The molecule has 0 saturated heterocycles. The van der Waals surface area contributed by atoms with Gasteiger partial charge in [0.05, 0.1) is 18.4 Å². The smallest absolute Gasteiger partial charge is 0.305 e. The monoisotopic (exact) mass is 271 g/mol. The normalized spacial score (nSPS) is 10.1. The average molecular weight is 272 g/mol. The summed E-state index contributed by atoms with van der Waals surface area (Å²) in [6.45, 7) is 0. The predicted molar refractivity (Wildman–Crippen MR) is 67.7 cm³/mol. The van der Waals surface area contributed by atoms with Crippen LogP contribution in [0.4, 0.5) is 5.69 Å². The van der Waals surface area contributed by atoms with Crippen LogP contribution in [0.15, 0.2) is 12.1 Å². The second-order valence-corrected chi connectivity index (χ2v) is 4.18. The van der Waals surface area contributed by atoms with Gasteiger partial charge in [0.2, 0.25) is 0 Å². The fraction of sp³-hybridized carbons (Fsp3) is 0.333. The van der Waals surface area contributed by atoms with Crippen molar-refractivity contribution in [3.63, 3.8) is 0 Å². The maximum atomic E-state index is 11.8. The van der Waals surface area contributed by atoms with Crippen LogP contribution in [0.1, 0.15) is 29.6 Å². The number of phenolic OH excluding ortho intramolecular Hbond substituents is 1. The Morgan fingerprint density at radius 3 is 2.67 bits per heavy atom. The van der Waals surface area contributed by atoms with E-state index in [1.54, 1.807) is 0 Å². The van der Waals surface area contributed by atoms with Gasteiger partial charge >= 0.3 is 5.97 Å². The van der Waals surface area contributed by atoms with Gasteiger partial charge in [0.15, 0.2) is 5.78 Å². The second-order valence-electron chi connectivity index (χ2n) is 3.74. The number of ketones is 1. The van der Waals surface area contributed by atoms with Crippen LogP contribution in [0.3, 0.4) is 0 Å². The summed E-state index contributed by atoms with van der Waals surface area (Å²) in [7, 11) is 1.29. The highest BCUT2D eigenvalue weighted by Crippen LogP contribution is 2.30. The van der Waals surface area contributed by atoms with Crippen molar-refractivity contribution in [2.75, 3.05) is 12.8 Å². The number of esters is 1. The van der Waals surface area contributed by atoms with Gasteiger partial charge in [-0.25, -0.2) is 0 Å². The van der Waals surface area contributed by atoms with Crippen LogP contribution in [0.2, 0.25) is 5.02 Å². The number of anilines is 1. The van der Waals surface area contributed by atoms with Gasteiger partial charge in [0, 0.05) is 17.9 Å². The zero-order valence-corrected chi connectivity index (χ0v) is 10.7. The van der Waals surface area contributed by atoms with Crippen molar-refractivity contribution in [3.8, 4) is 5.75 Å². The third-order valence-corrected chi connectivity index (χ3v) is 2.64. The number of rotatable bonds is 5. The first-order valence-electron chi connectivity index (χ1n) is 5.33. The molecular formula is C12H14ClNO4. The Morgan fingerprint density at radius 2 is 2.06 bits per heavy atom. The lowest BCUT2D eigenvalue weighted by atomic mass is 10.0. The topological polar surface area (TPSA) is 89.6 Å². The van der Waals surface area contributed by atoms with E-state index in [0.717, 1.165) is 0 Å². The molecule has 0 unspecified atom stereocenters. The van der Waals surface area contributed by atoms with E-state index in [4.69, 9.17) is 17.3 Å². The molecule has 0 fully saturated rings. The van der Waals surface area contributed by atoms with Gasteiger partial charge in [-0.2, -0.15) is 0 Å². The predicted octanol–water partition coefficient (Wildman–Crippen LogP) is 2.15. The van der Waals surface area contributed by atoms with Gasteiger partial charge in [0.25, 0.3) is 0 Å². The van der Waals surface area contributed by atoms with Gasteiger partial charge in [-0.05, 0) is 18.6 Å². The number of ether oxygens (including phenoxy) is 1. The minimum Gasteiger partial charge on any atom is -0.505 e. The van der Waals surface area contributed by atoms with Crippen molar-refractivity contribution in [2.45, 2.75) is 19.3 Å². The van der Waals surface area contributed by atoms with E-state index < -0.39 is 0 Å². The second kappa shape index (κ2) is 6.26. The molecule has 0 spiro atoms. The van der Waals surface area contributed by atoms with E-state index in [9.17, 15) is 14.7 Å². The maximum Gasteiger partial charge on any atom is 0.305 e. The number of methoxy groups -OCH3 is 1. The summed E-state index contributed by atoms with van der Waals surface area (Å²) in [6, 6.07) is 2.72. The van der Waals surface area contributed by atoms with Crippen molar-refractivity contribution in [2.24, 2.45) is 0 Å². The lowest BCUT2D eigenvalue weighted by molar-refractivity contribution is -0.140. The molecule has 1 aromatic carbocycles. The highest BCUT2D eigenvalue weighted by Gasteiger charge is 2.15. The van der Waals surface area contributed by atoms with Crippen LogP contribution >= 0.6 is 11.6 Å². The molecule has 3 N–H and O–H groups in total. The Hall–Kier alpha value is -1.75. The van der Waals surface area contributed by atoms with E-state index in [1.165, 1.54) is 19.2 Å². The van der Waals surface area contributed by atoms with Crippen molar-refractivity contribution < 1.29 is 19.4 Å². The number of benzene rings is 1. The van der Waals surface area contributed by atoms with Crippen molar-refractivity contribution in [1.82, 2.24) is 0 Å².